The molecule has 0 unspecified atom stereocenters. The zero-order valence-electron chi connectivity index (χ0n) is 12.9. The van der Waals surface area contributed by atoms with Crippen molar-refractivity contribution in [2.45, 2.75) is 18.9 Å². The lowest BCUT2D eigenvalue weighted by molar-refractivity contribution is 0.163. The molecule has 1 saturated heterocycles. The van der Waals surface area contributed by atoms with Crippen LogP contribution in [0.3, 0.4) is 0 Å². The number of rotatable bonds is 6. The van der Waals surface area contributed by atoms with E-state index in [1.54, 1.807) is 7.11 Å². The Morgan fingerprint density at radius 2 is 2.05 bits per heavy atom. The van der Waals surface area contributed by atoms with Crippen molar-refractivity contribution >= 4 is 40.7 Å². The molecule has 6 heteroatoms. The molecule has 2 rings (SSSR count). The van der Waals surface area contributed by atoms with Gasteiger partial charge in [-0.1, -0.05) is 22.0 Å². The summed E-state index contributed by atoms with van der Waals surface area (Å²) in [5.74, 6) is 0.973. The molecule has 22 heavy (non-hydrogen) atoms. The summed E-state index contributed by atoms with van der Waals surface area (Å²) >= 11 is 3.58. The first-order valence-corrected chi connectivity index (χ1v) is 7.94. The fourth-order valence-corrected chi connectivity index (χ4v) is 3.15. The number of methoxy groups -OCH3 is 1. The zero-order chi connectivity index (χ0) is 14.4. The summed E-state index contributed by atoms with van der Waals surface area (Å²) in [4.78, 5) is 2.55. The van der Waals surface area contributed by atoms with Gasteiger partial charge in [0, 0.05) is 42.3 Å². The Morgan fingerprint density at radius 3 is 2.64 bits per heavy atom. The van der Waals surface area contributed by atoms with Crippen LogP contribution in [-0.2, 0) is 0 Å². The first kappa shape index (κ1) is 21.7. The van der Waals surface area contributed by atoms with Crippen molar-refractivity contribution in [1.29, 1.82) is 0 Å². The number of benzene rings is 1. The fraction of sp³-hybridized carbons (Fsp3) is 0.500. The molecule has 1 N–H and O–H groups in total. The van der Waals surface area contributed by atoms with Gasteiger partial charge in [-0.25, -0.2) is 0 Å². The van der Waals surface area contributed by atoms with Gasteiger partial charge in [0.1, 0.15) is 5.75 Å². The molecule has 3 nitrogen and oxygen atoms in total. The normalized spacial score (nSPS) is 16.1. The molecule has 1 heterocycles. The van der Waals surface area contributed by atoms with E-state index in [4.69, 9.17) is 4.74 Å². The molecule has 0 spiro atoms. The molecular weight excluding hydrogens is 387 g/mol. The van der Waals surface area contributed by atoms with Crippen molar-refractivity contribution in [3.05, 3.63) is 40.9 Å². The van der Waals surface area contributed by atoms with E-state index in [2.05, 4.69) is 38.8 Å². The van der Waals surface area contributed by atoms with E-state index in [0.29, 0.717) is 6.04 Å². The van der Waals surface area contributed by atoms with Crippen LogP contribution in [0.1, 0.15) is 24.4 Å². The highest BCUT2D eigenvalue weighted by Gasteiger charge is 2.24. The van der Waals surface area contributed by atoms with Gasteiger partial charge in [0.25, 0.3) is 0 Å². The third-order valence-corrected chi connectivity index (χ3v) is 4.28. The summed E-state index contributed by atoms with van der Waals surface area (Å²) in [6.45, 7) is 8.13. The van der Waals surface area contributed by atoms with Crippen LogP contribution in [0.15, 0.2) is 35.3 Å². The van der Waals surface area contributed by atoms with Crippen LogP contribution >= 0.6 is 40.7 Å². The molecule has 0 radical (unpaired) electrons. The minimum atomic E-state index is 0. The SMILES string of the molecule is C=CCC[C@H](c1cc(Br)ccc1OC)N1CCNCC1.Cl.Cl. The van der Waals surface area contributed by atoms with Gasteiger partial charge in [-0.15, -0.1) is 31.4 Å². The quantitative estimate of drug-likeness (QED) is 0.709. The molecule has 0 amide bonds. The van der Waals surface area contributed by atoms with Gasteiger partial charge in [-0.2, -0.15) is 0 Å². The topological polar surface area (TPSA) is 24.5 Å². The predicted molar refractivity (Wildman–Crippen MR) is 102 cm³/mol. The number of halogens is 3. The van der Waals surface area contributed by atoms with E-state index in [9.17, 15) is 0 Å². The lowest BCUT2D eigenvalue weighted by atomic mass is 9.98. The van der Waals surface area contributed by atoms with Crippen molar-refractivity contribution in [2.24, 2.45) is 0 Å². The Morgan fingerprint density at radius 1 is 1.36 bits per heavy atom. The molecule has 0 saturated carbocycles. The lowest BCUT2D eigenvalue weighted by Crippen LogP contribution is -2.45. The highest BCUT2D eigenvalue weighted by Crippen LogP contribution is 2.35. The van der Waals surface area contributed by atoms with E-state index >= 15 is 0 Å². The highest BCUT2D eigenvalue weighted by atomic mass is 79.9. The molecule has 1 aromatic carbocycles. The molecule has 1 aliphatic rings. The zero-order valence-corrected chi connectivity index (χ0v) is 16.1. The molecular formula is C16H25BrCl2N2O. The van der Waals surface area contributed by atoms with Crippen LogP contribution in [0.5, 0.6) is 5.75 Å². The third kappa shape index (κ3) is 5.74. The van der Waals surface area contributed by atoms with Crippen LogP contribution in [0.25, 0.3) is 0 Å². The van der Waals surface area contributed by atoms with Gasteiger partial charge >= 0.3 is 0 Å². The van der Waals surface area contributed by atoms with Crippen LogP contribution in [0, 0.1) is 0 Å². The lowest BCUT2D eigenvalue weighted by Gasteiger charge is -2.35. The van der Waals surface area contributed by atoms with Crippen LogP contribution < -0.4 is 10.1 Å². The van der Waals surface area contributed by atoms with E-state index in [-0.39, 0.29) is 24.8 Å². The Bertz CT molecular complexity index is 454. The monoisotopic (exact) mass is 410 g/mol. The van der Waals surface area contributed by atoms with E-state index < -0.39 is 0 Å². The Balaban J connectivity index is 0.00000220. The molecule has 0 aromatic heterocycles. The van der Waals surface area contributed by atoms with E-state index in [1.807, 2.05) is 18.2 Å². The second-order valence-electron chi connectivity index (χ2n) is 5.05. The first-order valence-electron chi connectivity index (χ1n) is 7.15. The van der Waals surface area contributed by atoms with Gasteiger partial charge in [0.05, 0.1) is 7.11 Å². The Hall–Kier alpha value is -0.260. The molecule has 126 valence electrons. The number of hydrogen-bond donors (Lipinski definition) is 1. The number of nitrogens with zero attached hydrogens (tertiary/aromatic N) is 1. The van der Waals surface area contributed by atoms with E-state index in [0.717, 1.165) is 49.2 Å². The average molecular weight is 412 g/mol. The maximum atomic E-state index is 5.56. The van der Waals surface area contributed by atoms with Gasteiger partial charge in [-0.05, 0) is 31.0 Å². The molecule has 0 aliphatic carbocycles. The van der Waals surface area contributed by atoms with Gasteiger partial charge < -0.3 is 10.1 Å². The maximum Gasteiger partial charge on any atom is 0.123 e. The minimum absolute atomic E-state index is 0. The molecule has 1 atom stereocenters. The number of nitrogens with one attached hydrogen (secondary N) is 1. The first-order chi connectivity index (χ1) is 9.76. The molecule has 1 fully saturated rings. The average Bonchev–Trinajstić information content (AvgIpc) is 2.49. The minimum Gasteiger partial charge on any atom is -0.496 e. The number of ether oxygens (including phenoxy) is 1. The van der Waals surface area contributed by atoms with Crippen LogP contribution in [0.4, 0.5) is 0 Å². The summed E-state index contributed by atoms with van der Waals surface area (Å²) in [7, 11) is 1.75. The second kappa shape index (κ2) is 11.3. The summed E-state index contributed by atoms with van der Waals surface area (Å²) in [6, 6.07) is 6.66. The van der Waals surface area contributed by atoms with Gasteiger partial charge in [0.15, 0.2) is 0 Å². The van der Waals surface area contributed by atoms with Crippen molar-refractivity contribution < 1.29 is 4.74 Å². The summed E-state index contributed by atoms with van der Waals surface area (Å²) in [5, 5.41) is 3.41. The van der Waals surface area contributed by atoms with Crippen molar-refractivity contribution in [2.75, 3.05) is 33.3 Å². The fourth-order valence-electron chi connectivity index (χ4n) is 2.77. The maximum absolute atomic E-state index is 5.56. The van der Waals surface area contributed by atoms with E-state index in [1.165, 1.54) is 5.56 Å². The number of hydrogen-bond acceptors (Lipinski definition) is 3. The molecule has 1 aliphatic heterocycles. The third-order valence-electron chi connectivity index (χ3n) is 3.79. The summed E-state index contributed by atoms with van der Waals surface area (Å²) < 4.78 is 6.67. The number of allylic oxidation sites excluding steroid dienone is 1. The Kier molecular flexibility index (Phi) is 11.2. The van der Waals surface area contributed by atoms with Crippen molar-refractivity contribution in [3.63, 3.8) is 0 Å². The van der Waals surface area contributed by atoms with Crippen molar-refractivity contribution in [1.82, 2.24) is 10.2 Å². The molecule has 0 bridgehead atoms. The second-order valence-corrected chi connectivity index (χ2v) is 5.97. The number of piperazine rings is 1. The largest absolute Gasteiger partial charge is 0.496 e. The highest BCUT2D eigenvalue weighted by molar-refractivity contribution is 9.10. The van der Waals surface area contributed by atoms with Crippen molar-refractivity contribution in [3.8, 4) is 5.75 Å². The van der Waals surface area contributed by atoms with Gasteiger partial charge in [-0.3, -0.25) is 4.90 Å². The summed E-state index contributed by atoms with van der Waals surface area (Å²) in [5.41, 5.74) is 1.27. The smallest absolute Gasteiger partial charge is 0.123 e. The predicted octanol–water partition coefficient (Wildman–Crippen LogP) is 4.21. The van der Waals surface area contributed by atoms with Crippen LogP contribution in [0.2, 0.25) is 0 Å². The standard InChI is InChI=1S/C16H23BrN2O.2ClH/c1-3-4-5-15(19-10-8-18-9-11-19)14-12-13(17)6-7-16(14)20-2;;/h3,6-7,12,15,18H,1,4-5,8-11H2,2H3;2*1H/t15-;;/m1../s1. The Labute approximate surface area is 154 Å². The van der Waals surface area contributed by atoms with Gasteiger partial charge in [0.2, 0.25) is 0 Å². The van der Waals surface area contributed by atoms with Crippen LogP contribution in [-0.4, -0.2) is 38.2 Å². The summed E-state index contributed by atoms with van der Waals surface area (Å²) in [6.07, 6.45) is 4.10. The molecule has 1 aromatic rings.